The Kier molecular flexibility index (Phi) is 4.68. The fourth-order valence-corrected chi connectivity index (χ4v) is 4.50. The van der Waals surface area contributed by atoms with Crippen LogP contribution >= 0.6 is 0 Å². The van der Waals surface area contributed by atoms with Gasteiger partial charge in [0.1, 0.15) is 0 Å². The highest BCUT2D eigenvalue weighted by molar-refractivity contribution is 5.00. The molecule has 2 aliphatic heterocycles. The first-order chi connectivity index (χ1) is 9.71. The lowest BCUT2D eigenvalue weighted by molar-refractivity contribution is -0.00896. The van der Waals surface area contributed by atoms with E-state index in [0.29, 0.717) is 23.8 Å². The van der Waals surface area contributed by atoms with Crippen LogP contribution in [0.5, 0.6) is 0 Å². The van der Waals surface area contributed by atoms with E-state index in [1.165, 1.54) is 64.5 Å². The number of hydrogen-bond acceptors (Lipinski definition) is 3. The molecule has 3 aliphatic rings. The lowest BCUT2D eigenvalue weighted by Gasteiger charge is -2.50. The lowest BCUT2D eigenvalue weighted by Crippen LogP contribution is -2.65. The minimum absolute atomic E-state index is 0.425. The Balaban J connectivity index is 1.62. The topological polar surface area (TPSA) is 24.5 Å². The van der Waals surface area contributed by atoms with E-state index in [0.717, 1.165) is 6.54 Å². The zero-order chi connectivity index (χ0) is 14.0. The zero-order valence-corrected chi connectivity index (χ0v) is 13.4. The smallest absolute Gasteiger partial charge is 0.0706 e. The van der Waals surface area contributed by atoms with Gasteiger partial charge < -0.3 is 10.1 Å². The molecule has 3 fully saturated rings. The summed E-state index contributed by atoms with van der Waals surface area (Å²) in [6, 6.07) is 0.710. The molecule has 20 heavy (non-hydrogen) atoms. The van der Waals surface area contributed by atoms with Crippen LogP contribution < -0.4 is 5.32 Å². The number of nitrogens with one attached hydrogen (secondary N) is 1. The summed E-state index contributed by atoms with van der Waals surface area (Å²) in [5.74, 6) is 0. The normalized spacial score (nSPS) is 38.4. The number of ether oxygens (including phenoxy) is 1. The second-order valence-electron chi connectivity index (χ2n) is 7.36. The van der Waals surface area contributed by atoms with E-state index < -0.39 is 0 Å². The molecule has 0 aromatic rings. The average Bonchev–Trinajstić information content (AvgIpc) is 2.85. The van der Waals surface area contributed by atoms with E-state index in [4.69, 9.17) is 4.74 Å². The summed E-state index contributed by atoms with van der Waals surface area (Å²) in [4.78, 5) is 2.75. The second kappa shape index (κ2) is 6.33. The predicted molar refractivity (Wildman–Crippen MR) is 83.0 cm³/mol. The van der Waals surface area contributed by atoms with Gasteiger partial charge in [0.15, 0.2) is 0 Å². The van der Waals surface area contributed by atoms with Crippen LogP contribution in [0.15, 0.2) is 0 Å². The number of hydrogen-bond donors (Lipinski definition) is 1. The number of nitrogens with zero attached hydrogens (tertiary/aromatic N) is 1. The highest BCUT2D eigenvalue weighted by atomic mass is 16.5. The third kappa shape index (κ3) is 3.20. The summed E-state index contributed by atoms with van der Waals surface area (Å²) < 4.78 is 6.07. The molecule has 3 rings (SSSR count). The lowest BCUT2D eigenvalue weighted by atomic mass is 9.79. The van der Waals surface area contributed by atoms with Crippen LogP contribution in [0, 0.1) is 0 Å². The van der Waals surface area contributed by atoms with Crippen molar-refractivity contribution in [3.63, 3.8) is 0 Å². The second-order valence-corrected chi connectivity index (χ2v) is 7.36. The van der Waals surface area contributed by atoms with Gasteiger partial charge in [-0.15, -0.1) is 0 Å². The van der Waals surface area contributed by atoms with Gasteiger partial charge in [-0.3, -0.25) is 4.90 Å². The fraction of sp³-hybridized carbons (Fsp3) is 1.00. The molecule has 3 unspecified atom stereocenters. The van der Waals surface area contributed by atoms with Gasteiger partial charge in [0.25, 0.3) is 0 Å². The monoisotopic (exact) mass is 280 g/mol. The Hall–Kier alpha value is -0.120. The van der Waals surface area contributed by atoms with Crippen LogP contribution in [0.25, 0.3) is 0 Å². The van der Waals surface area contributed by atoms with E-state index in [9.17, 15) is 0 Å². The molecule has 1 aliphatic carbocycles. The third-order valence-corrected chi connectivity index (χ3v) is 5.77. The Morgan fingerprint density at radius 2 is 2.00 bits per heavy atom. The van der Waals surface area contributed by atoms with Crippen molar-refractivity contribution < 1.29 is 4.74 Å². The van der Waals surface area contributed by atoms with Crippen molar-refractivity contribution in [1.29, 1.82) is 0 Å². The van der Waals surface area contributed by atoms with Crippen LogP contribution in [0.1, 0.15) is 65.2 Å². The van der Waals surface area contributed by atoms with Gasteiger partial charge in [0.2, 0.25) is 0 Å². The zero-order valence-electron chi connectivity index (χ0n) is 13.4. The Labute approximate surface area is 124 Å². The van der Waals surface area contributed by atoms with Gasteiger partial charge in [-0.25, -0.2) is 0 Å². The minimum atomic E-state index is 0.425. The summed E-state index contributed by atoms with van der Waals surface area (Å²) in [5.41, 5.74) is 0.425. The molecule has 0 amide bonds. The molecule has 116 valence electrons. The summed E-state index contributed by atoms with van der Waals surface area (Å²) in [6.45, 7) is 8.14. The highest BCUT2D eigenvalue weighted by Gasteiger charge is 2.40. The van der Waals surface area contributed by atoms with Crippen molar-refractivity contribution in [3.8, 4) is 0 Å². The van der Waals surface area contributed by atoms with Crippen molar-refractivity contribution in [1.82, 2.24) is 10.2 Å². The SMILES string of the molecule is CCC1CNC2(CCCCC2)CN1CC1CCC(C)O1. The predicted octanol–water partition coefficient (Wildman–Crippen LogP) is 2.94. The molecule has 3 nitrogen and oxygen atoms in total. The van der Waals surface area contributed by atoms with E-state index in [1.807, 2.05) is 0 Å². The van der Waals surface area contributed by atoms with Crippen molar-refractivity contribution in [2.75, 3.05) is 19.6 Å². The summed E-state index contributed by atoms with van der Waals surface area (Å²) in [6.07, 6.45) is 11.7. The minimum Gasteiger partial charge on any atom is -0.374 e. The van der Waals surface area contributed by atoms with Gasteiger partial charge in [0, 0.05) is 31.2 Å². The molecule has 1 N–H and O–H groups in total. The number of rotatable bonds is 3. The molecule has 2 heterocycles. The molecule has 1 spiro atoms. The Morgan fingerprint density at radius 3 is 2.65 bits per heavy atom. The van der Waals surface area contributed by atoms with Gasteiger partial charge in [0.05, 0.1) is 12.2 Å². The summed E-state index contributed by atoms with van der Waals surface area (Å²) in [7, 11) is 0. The van der Waals surface area contributed by atoms with Crippen molar-refractivity contribution >= 4 is 0 Å². The standard InChI is InChI=1S/C17H32N2O/c1-3-15-11-18-17(9-5-4-6-10-17)13-19(15)12-16-8-7-14(2)20-16/h14-16,18H,3-13H2,1-2H3. The quantitative estimate of drug-likeness (QED) is 0.860. The maximum absolute atomic E-state index is 6.07. The van der Waals surface area contributed by atoms with Crippen LogP contribution in [-0.2, 0) is 4.74 Å². The largest absolute Gasteiger partial charge is 0.374 e. The Morgan fingerprint density at radius 1 is 1.20 bits per heavy atom. The molecule has 0 radical (unpaired) electrons. The maximum Gasteiger partial charge on any atom is 0.0706 e. The molecule has 3 heteroatoms. The van der Waals surface area contributed by atoms with Gasteiger partial charge >= 0.3 is 0 Å². The van der Waals surface area contributed by atoms with E-state index in [2.05, 4.69) is 24.1 Å². The first-order valence-electron chi connectivity index (χ1n) is 8.85. The number of piperazine rings is 1. The van der Waals surface area contributed by atoms with Crippen LogP contribution in [0.4, 0.5) is 0 Å². The van der Waals surface area contributed by atoms with Gasteiger partial charge in [-0.2, -0.15) is 0 Å². The fourth-order valence-electron chi connectivity index (χ4n) is 4.50. The summed E-state index contributed by atoms with van der Waals surface area (Å²) in [5, 5.41) is 3.92. The molecular weight excluding hydrogens is 248 g/mol. The van der Waals surface area contributed by atoms with E-state index >= 15 is 0 Å². The van der Waals surface area contributed by atoms with Crippen molar-refractivity contribution in [2.24, 2.45) is 0 Å². The average molecular weight is 280 g/mol. The first-order valence-corrected chi connectivity index (χ1v) is 8.85. The Bertz CT molecular complexity index is 314. The van der Waals surface area contributed by atoms with Crippen molar-refractivity contribution in [3.05, 3.63) is 0 Å². The van der Waals surface area contributed by atoms with E-state index in [1.54, 1.807) is 0 Å². The van der Waals surface area contributed by atoms with Gasteiger partial charge in [-0.1, -0.05) is 26.2 Å². The van der Waals surface area contributed by atoms with Gasteiger partial charge in [-0.05, 0) is 39.0 Å². The maximum atomic E-state index is 6.07. The molecule has 0 aromatic heterocycles. The molecule has 0 aromatic carbocycles. The molecule has 2 saturated heterocycles. The molecule has 0 bridgehead atoms. The highest BCUT2D eigenvalue weighted by Crippen LogP contribution is 2.33. The van der Waals surface area contributed by atoms with E-state index in [-0.39, 0.29) is 0 Å². The molecule has 1 saturated carbocycles. The first kappa shape index (κ1) is 14.8. The molecule has 3 atom stereocenters. The van der Waals surface area contributed by atoms with Crippen LogP contribution in [0.3, 0.4) is 0 Å². The third-order valence-electron chi connectivity index (χ3n) is 5.77. The van der Waals surface area contributed by atoms with Crippen LogP contribution in [0.2, 0.25) is 0 Å². The van der Waals surface area contributed by atoms with Crippen LogP contribution in [-0.4, -0.2) is 48.3 Å². The van der Waals surface area contributed by atoms with Crippen molar-refractivity contribution in [2.45, 2.75) is 89.0 Å². The molecular formula is C17H32N2O. The summed E-state index contributed by atoms with van der Waals surface area (Å²) >= 11 is 0.